The third-order valence-electron chi connectivity index (χ3n) is 3.54. The smallest absolute Gasteiger partial charge is 0.280 e. The van der Waals surface area contributed by atoms with Gasteiger partial charge in [-0.1, -0.05) is 0 Å². The molecule has 1 fully saturated rings. The number of H-pyrrole nitrogens is 1. The van der Waals surface area contributed by atoms with Crippen molar-refractivity contribution < 1.29 is 14.6 Å². The van der Waals surface area contributed by atoms with Crippen molar-refractivity contribution in [1.29, 1.82) is 0 Å². The van der Waals surface area contributed by atoms with Crippen LogP contribution in [0.4, 0.5) is 10.3 Å². The van der Waals surface area contributed by atoms with Gasteiger partial charge in [0.05, 0.1) is 18.6 Å². The van der Waals surface area contributed by atoms with Crippen LogP contribution in [0.25, 0.3) is 17.4 Å². The Bertz CT molecular complexity index is 761. The fourth-order valence-electron chi connectivity index (χ4n) is 2.18. The molecule has 20 heavy (non-hydrogen) atoms. The zero-order chi connectivity index (χ0) is 14.5. The SMILES string of the molecule is Nc1nc2c(ncn2/C=C2/C(F)C2(CO)CO)c(=O)[nH]1. The molecule has 2 aromatic heterocycles. The highest BCUT2D eigenvalue weighted by molar-refractivity contribution is 5.74. The number of aliphatic hydroxyl groups excluding tert-OH is 2. The van der Waals surface area contributed by atoms with Crippen molar-refractivity contribution in [3.8, 4) is 0 Å². The predicted octanol–water partition coefficient (Wildman–Crippen LogP) is -1.13. The number of hydrogen-bond acceptors (Lipinski definition) is 6. The number of rotatable bonds is 3. The summed E-state index contributed by atoms with van der Waals surface area (Å²) in [5.41, 5.74) is 4.18. The van der Waals surface area contributed by atoms with Crippen LogP contribution < -0.4 is 11.3 Å². The molecule has 8 nitrogen and oxygen atoms in total. The Labute approximate surface area is 111 Å². The maximum absolute atomic E-state index is 13.7. The number of alkyl halides is 1. The van der Waals surface area contributed by atoms with Crippen molar-refractivity contribution >= 4 is 23.3 Å². The number of aliphatic hydroxyl groups is 2. The van der Waals surface area contributed by atoms with Crippen molar-refractivity contribution in [1.82, 2.24) is 19.5 Å². The Morgan fingerprint density at radius 3 is 2.85 bits per heavy atom. The second-order valence-corrected chi connectivity index (χ2v) is 4.69. The van der Waals surface area contributed by atoms with E-state index in [1.54, 1.807) is 0 Å². The molecule has 1 atom stereocenters. The summed E-state index contributed by atoms with van der Waals surface area (Å²) in [7, 11) is 0. The molecule has 2 aromatic rings. The van der Waals surface area contributed by atoms with Gasteiger partial charge in [-0.15, -0.1) is 0 Å². The van der Waals surface area contributed by atoms with E-state index < -0.39 is 30.4 Å². The highest BCUT2D eigenvalue weighted by atomic mass is 19.1. The Morgan fingerprint density at radius 2 is 2.25 bits per heavy atom. The van der Waals surface area contributed by atoms with E-state index in [0.29, 0.717) is 0 Å². The van der Waals surface area contributed by atoms with Gasteiger partial charge in [-0.25, -0.2) is 9.37 Å². The minimum absolute atomic E-state index is 0.0747. The summed E-state index contributed by atoms with van der Waals surface area (Å²) in [6.45, 7) is -1.00. The van der Waals surface area contributed by atoms with Gasteiger partial charge < -0.3 is 15.9 Å². The van der Waals surface area contributed by atoms with Gasteiger partial charge in [0.2, 0.25) is 5.95 Å². The third-order valence-corrected chi connectivity index (χ3v) is 3.54. The molecule has 0 aromatic carbocycles. The second-order valence-electron chi connectivity index (χ2n) is 4.69. The molecule has 0 amide bonds. The number of nitrogen functional groups attached to an aromatic ring is 1. The number of aromatic nitrogens is 4. The number of hydrogen-bond donors (Lipinski definition) is 4. The van der Waals surface area contributed by atoms with Crippen LogP contribution in [0.2, 0.25) is 0 Å². The monoisotopic (exact) mass is 281 g/mol. The van der Waals surface area contributed by atoms with Crippen molar-refractivity contribution in [3.63, 3.8) is 0 Å². The van der Waals surface area contributed by atoms with E-state index in [4.69, 9.17) is 5.73 Å². The molecular weight excluding hydrogens is 269 g/mol. The molecule has 0 bridgehead atoms. The summed E-state index contributed by atoms with van der Waals surface area (Å²) in [6, 6.07) is 0. The largest absolute Gasteiger partial charge is 0.395 e. The molecule has 2 heterocycles. The van der Waals surface area contributed by atoms with Crippen LogP contribution in [0.5, 0.6) is 0 Å². The van der Waals surface area contributed by atoms with Gasteiger partial charge in [0.25, 0.3) is 5.56 Å². The molecule has 1 aliphatic rings. The quantitative estimate of drug-likeness (QED) is 0.563. The summed E-state index contributed by atoms with van der Waals surface area (Å²) in [5.74, 6) is -0.0779. The molecule has 106 valence electrons. The Hall–Kier alpha value is -2.26. The van der Waals surface area contributed by atoms with Crippen molar-refractivity contribution in [3.05, 3.63) is 22.3 Å². The molecule has 0 spiro atoms. The van der Waals surface area contributed by atoms with Crippen molar-refractivity contribution in [2.75, 3.05) is 18.9 Å². The zero-order valence-electron chi connectivity index (χ0n) is 10.2. The van der Waals surface area contributed by atoms with E-state index in [-0.39, 0.29) is 22.7 Å². The normalized spacial score (nSPS) is 22.6. The highest BCUT2D eigenvalue weighted by Crippen LogP contribution is 2.54. The first-order valence-corrected chi connectivity index (χ1v) is 5.84. The minimum atomic E-state index is -1.44. The van der Waals surface area contributed by atoms with E-state index in [1.807, 2.05) is 0 Å². The van der Waals surface area contributed by atoms with Crippen LogP contribution in [0.1, 0.15) is 0 Å². The van der Waals surface area contributed by atoms with E-state index >= 15 is 0 Å². The Balaban J connectivity index is 2.12. The van der Waals surface area contributed by atoms with Crippen LogP contribution in [0.3, 0.4) is 0 Å². The van der Waals surface area contributed by atoms with Crippen LogP contribution in [-0.2, 0) is 0 Å². The van der Waals surface area contributed by atoms with Crippen molar-refractivity contribution in [2.24, 2.45) is 5.41 Å². The molecule has 1 unspecified atom stereocenters. The molecule has 0 saturated heterocycles. The first-order valence-electron chi connectivity index (χ1n) is 5.84. The number of nitrogens with one attached hydrogen (secondary N) is 1. The van der Waals surface area contributed by atoms with E-state index in [9.17, 15) is 19.4 Å². The van der Waals surface area contributed by atoms with E-state index in [0.717, 1.165) is 0 Å². The molecule has 0 radical (unpaired) electrons. The lowest BCUT2D eigenvalue weighted by molar-refractivity contribution is 0.118. The summed E-state index contributed by atoms with van der Waals surface area (Å²) < 4.78 is 15.1. The molecule has 3 rings (SSSR count). The van der Waals surface area contributed by atoms with Gasteiger partial charge >= 0.3 is 0 Å². The lowest BCUT2D eigenvalue weighted by Gasteiger charge is -2.04. The average Bonchev–Trinajstić information content (AvgIpc) is 2.77. The average molecular weight is 281 g/mol. The number of halogens is 1. The van der Waals surface area contributed by atoms with Crippen LogP contribution in [-0.4, -0.2) is 49.1 Å². The first kappa shape index (κ1) is 12.8. The topological polar surface area (TPSA) is 130 Å². The number of imidazole rings is 1. The molecule has 5 N–H and O–H groups in total. The Kier molecular flexibility index (Phi) is 2.63. The fraction of sp³-hybridized carbons (Fsp3) is 0.364. The lowest BCUT2D eigenvalue weighted by Crippen LogP contribution is -2.15. The lowest BCUT2D eigenvalue weighted by atomic mass is 10.1. The van der Waals surface area contributed by atoms with Crippen LogP contribution in [0.15, 0.2) is 16.7 Å². The summed E-state index contributed by atoms with van der Waals surface area (Å²) in [5, 5.41) is 18.3. The standard InChI is InChI=1S/C11H12FN5O3/c12-7-5(11(7,2-18)3-19)1-17-4-14-6-8(17)15-10(13)16-9(6)20/h1,4,7,18-19H,2-3H2,(H3,13,15,16,20)/b5-1-. The summed E-state index contributed by atoms with van der Waals surface area (Å²) >= 11 is 0. The first-order chi connectivity index (χ1) is 9.53. The molecule has 1 saturated carbocycles. The number of fused-ring (bicyclic) bond motifs is 1. The molecule has 0 aliphatic heterocycles. The van der Waals surface area contributed by atoms with E-state index in [2.05, 4.69) is 15.0 Å². The highest BCUT2D eigenvalue weighted by Gasteiger charge is 2.61. The number of anilines is 1. The Morgan fingerprint density at radius 1 is 1.55 bits per heavy atom. The number of nitrogens with two attached hydrogens (primary N) is 1. The van der Waals surface area contributed by atoms with Crippen molar-refractivity contribution in [2.45, 2.75) is 6.17 Å². The van der Waals surface area contributed by atoms with Gasteiger partial charge in [-0.2, -0.15) is 4.98 Å². The second kappa shape index (κ2) is 4.12. The van der Waals surface area contributed by atoms with Gasteiger partial charge in [-0.05, 0) is 5.57 Å². The maximum atomic E-state index is 13.7. The number of nitrogens with zero attached hydrogens (tertiary/aromatic N) is 3. The number of aromatic amines is 1. The van der Waals surface area contributed by atoms with Crippen LogP contribution in [0, 0.1) is 5.41 Å². The molecule has 1 aliphatic carbocycles. The maximum Gasteiger partial charge on any atom is 0.280 e. The summed E-state index contributed by atoms with van der Waals surface area (Å²) in [4.78, 5) is 21.7. The van der Waals surface area contributed by atoms with Crippen LogP contribution >= 0.6 is 0 Å². The van der Waals surface area contributed by atoms with Gasteiger partial charge in [-0.3, -0.25) is 14.3 Å². The van der Waals surface area contributed by atoms with Gasteiger partial charge in [0.15, 0.2) is 11.2 Å². The third kappa shape index (κ3) is 1.57. The molecule has 9 heteroatoms. The van der Waals surface area contributed by atoms with E-state index in [1.165, 1.54) is 17.1 Å². The van der Waals surface area contributed by atoms with Gasteiger partial charge in [0, 0.05) is 6.20 Å². The summed E-state index contributed by atoms with van der Waals surface area (Å²) in [6.07, 6.45) is 1.22. The predicted molar refractivity (Wildman–Crippen MR) is 68.3 cm³/mol. The minimum Gasteiger partial charge on any atom is -0.395 e. The fourth-order valence-corrected chi connectivity index (χ4v) is 2.18. The zero-order valence-corrected chi connectivity index (χ0v) is 10.2. The van der Waals surface area contributed by atoms with Gasteiger partial charge in [0.1, 0.15) is 12.5 Å². The molecular formula is C11H12FN5O3.